The van der Waals surface area contributed by atoms with Crippen LogP contribution in [0.4, 0.5) is 0 Å². The summed E-state index contributed by atoms with van der Waals surface area (Å²) in [5, 5.41) is 4.32. The molecule has 1 aliphatic rings. The van der Waals surface area contributed by atoms with Gasteiger partial charge in [0.2, 0.25) is 5.91 Å². The lowest BCUT2D eigenvalue weighted by molar-refractivity contribution is -0.130. The zero-order chi connectivity index (χ0) is 16.2. The van der Waals surface area contributed by atoms with Crippen LogP contribution in [0.3, 0.4) is 0 Å². The van der Waals surface area contributed by atoms with Crippen LogP contribution in [-0.4, -0.2) is 38.7 Å². The van der Waals surface area contributed by atoms with Crippen LogP contribution in [0, 0.1) is 5.92 Å². The van der Waals surface area contributed by atoms with Gasteiger partial charge in [-0.2, -0.15) is 5.10 Å². The van der Waals surface area contributed by atoms with Crippen LogP contribution in [0.2, 0.25) is 0 Å². The molecule has 23 heavy (non-hydrogen) atoms. The average molecular weight is 312 g/mol. The summed E-state index contributed by atoms with van der Waals surface area (Å²) in [6, 6.07) is 6.30. The number of nitrogens with zero attached hydrogens (tertiary/aromatic N) is 4. The lowest BCUT2D eigenvalue weighted by Gasteiger charge is -2.31. The summed E-state index contributed by atoms with van der Waals surface area (Å²) in [7, 11) is 0. The summed E-state index contributed by atoms with van der Waals surface area (Å²) >= 11 is 0. The Morgan fingerprint density at radius 2 is 2.04 bits per heavy atom. The number of hydrogen-bond acceptors (Lipinski definition) is 3. The molecule has 3 heterocycles. The van der Waals surface area contributed by atoms with Crippen molar-refractivity contribution >= 4 is 5.91 Å². The van der Waals surface area contributed by atoms with Gasteiger partial charge in [-0.3, -0.25) is 14.5 Å². The van der Waals surface area contributed by atoms with E-state index in [-0.39, 0.29) is 5.91 Å². The van der Waals surface area contributed by atoms with Crippen molar-refractivity contribution in [3.05, 3.63) is 36.2 Å². The Labute approximate surface area is 137 Å². The Kier molecular flexibility index (Phi) is 4.74. The van der Waals surface area contributed by atoms with Crippen LogP contribution < -0.4 is 0 Å². The monoisotopic (exact) mass is 312 g/mol. The number of carbonyl (C=O) groups is 1. The molecule has 0 atom stereocenters. The Bertz CT molecular complexity index is 671. The Morgan fingerprint density at radius 1 is 1.26 bits per heavy atom. The number of aromatic nitrogens is 3. The van der Waals surface area contributed by atoms with E-state index in [0.717, 1.165) is 50.3 Å². The number of piperidine rings is 1. The van der Waals surface area contributed by atoms with Gasteiger partial charge < -0.3 is 4.90 Å². The largest absolute Gasteiger partial charge is 0.343 e. The van der Waals surface area contributed by atoms with E-state index in [1.165, 1.54) is 5.56 Å². The number of carbonyl (C=O) groups excluding carboxylic acids is 1. The van der Waals surface area contributed by atoms with E-state index in [2.05, 4.69) is 29.1 Å². The molecule has 1 amide bonds. The Hall–Kier alpha value is -2.17. The van der Waals surface area contributed by atoms with Gasteiger partial charge in [0.05, 0.1) is 11.4 Å². The molecule has 0 N–H and O–H groups in total. The van der Waals surface area contributed by atoms with Crippen LogP contribution in [0.15, 0.2) is 30.6 Å². The summed E-state index contributed by atoms with van der Waals surface area (Å²) < 4.78 is 1.97. The first-order valence-electron chi connectivity index (χ1n) is 8.40. The van der Waals surface area contributed by atoms with Gasteiger partial charge in [-0.15, -0.1) is 0 Å². The quantitative estimate of drug-likeness (QED) is 0.872. The van der Waals surface area contributed by atoms with E-state index < -0.39 is 0 Å². The number of likely N-dealkylation sites (tertiary alicyclic amines) is 1. The molecule has 2 aromatic heterocycles. The van der Waals surface area contributed by atoms with Gasteiger partial charge in [0, 0.05) is 39.0 Å². The lowest BCUT2D eigenvalue weighted by atomic mass is 9.90. The highest BCUT2D eigenvalue weighted by atomic mass is 16.2. The molecule has 0 spiro atoms. The molecule has 0 radical (unpaired) electrons. The van der Waals surface area contributed by atoms with Crippen molar-refractivity contribution in [1.82, 2.24) is 19.7 Å². The molecular formula is C18H24N4O. The van der Waals surface area contributed by atoms with Crippen molar-refractivity contribution in [2.75, 3.05) is 13.1 Å². The highest BCUT2D eigenvalue weighted by molar-refractivity contribution is 5.73. The number of hydrogen-bond donors (Lipinski definition) is 0. The van der Waals surface area contributed by atoms with Crippen molar-refractivity contribution in [2.45, 2.75) is 39.7 Å². The standard InChI is InChI=1S/C18H24N4O/c1-3-22-18(5-9-20-22)17-13-16(4-8-19-17)12-15-6-10-21(11-7-15)14(2)23/h4-5,8-9,13,15H,3,6-7,10-12H2,1-2H3. The molecule has 0 aromatic carbocycles. The fraction of sp³-hybridized carbons (Fsp3) is 0.500. The van der Waals surface area contributed by atoms with E-state index in [4.69, 9.17) is 0 Å². The smallest absolute Gasteiger partial charge is 0.219 e. The fourth-order valence-corrected chi connectivity index (χ4v) is 3.33. The van der Waals surface area contributed by atoms with Crippen molar-refractivity contribution in [3.8, 4) is 11.4 Å². The first-order valence-corrected chi connectivity index (χ1v) is 8.40. The molecule has 5 nitrogen and oxygen atoms in total. The Balaban J connectivity index is 1.68. The zero-order valence-electron chi connectivity index (χ0n) is 13.9. The van der Waals surface area contributed by atoms with Crippen LogP contribution >= 0.6 is 0 Å². The van der Waals surface area contributed by atoms with Crippen LogP contribution in [0.1, 0.15) is 32.3 Å². The summed E-state index contributed by atoms with van der Waals surface area (Å²) in [5.41, 5.74) is 3.38. The number of rotatable bonds is 4. The van der Waals surface area contributed by atoms with E-state index in [1.54, 1.807) is 6.92 Å². The van der Waals surface area contributed by atoms with E-state index in [9.17, 15) is 4.79 Å². The predicted octanol–water partition coefficient (Wildman–Crippen LogP) is 2.77. The molecular weight excluding hydrogens is 288 g/mol. The first kappa shape index (κ1) is 15.7. The van der Waals surface area contributed by atoms with Crippen LogP contribution in [0.25, 0.3) is 11.4 Å². The summed E-state index contributed by atoms with van der Waals surface area (Å²) in [5.74, 6) is 0.847. The predicted molar refractivity (Wildman–Crippen MR) is 89.8 cm³/mol. The van der Waals surface area contributed by atoms with Crippen molar-refractivity contribution in [1.29, 1.82) is 0 Å². The molecule has 0 bridgehead atoms. The van der Waals surface area contributed by atoms with E-state index in [0.29, 0.717) is 5.92 Å². The zero-order valence-corrected chi connectivity index (χ0v) is 13.9. The summed E-state index contributed by atoms with van der Waals surface area (Å²) in [4.78, 5) is 17.9. The SMILES string of the molecule is CCn1nccc1-c1cc(CC2CCN(C(C)=O)CC2)ccn1. The van der Waals surface area contributed by atoms with Gasteiger partial charge in [-0.25, -0.2) is 0 Å². The third kappa shape index (κ3) is 3.60. The third-order valence-corrected chi connectivity index (χ3v) is 4.69. The average Bonchev–Trinajstić information content (AvgIpc) is 3.04. The topological polar surface area (TPSA) is 51.0 Å². The van der Waals surface area contributed by atoms with Crippen molar-refractivity contribution in [2.24, 2.45) is 5.92 Å². The molecule has 3 rings (SSSR count). The second-order valence-electron chi connectivity index (χ2n) is 6.24. The molecule has 0 unspecified atom stereocenters. The number of amides is 1. The summed E-state index contributed by atoms with van der Waals surface area (Å²) in [6.45, 7) is 6.37. The molecule has 5 heteroatoms. The molecule has 2 aromatic rings. The minimum atomic E-state index is 0.197. The first-order chi connectivity index (χ1) is 11.2. The Morgan fingerprint density at radius 3 is 2.74 bits per heavy atom. The summed E-state index contributed by atoms with van der Waals surface area (Å²) in [6.07, 6.45) is 6.95. The van der Waals surface area contributed by atoms with E-state index >= 15 is 0 Å². The molecule has 1 fully saturated rings. The van der Waals surface area contributed by atoms with Crippen molar-refractivity contribution < 1.29 is 4.79 Å². The maximum absolute atomic E-state index is 11.4. The molecule has 122 valence electrons. The maximum Gasteiger partial charge on any atom is 0.219 e. The lowest BCUT2D eigenvalue weighted by Crippen LogP contribution is -2.37. The van der Waals surface area contributed by atoms with Gasteiger partial charge >= 0.3 is 0 Å². The van der Waals surface area contributed by atoms with Gasteiger partial charge in [0.25, 0.3) is 0 Å². The fourth-order valence-electron chi connectivity index (χ4n) is 3.33. The minimum Gasteiger partial charge on any atom is -0.343 e. The van der Waals surface area contributed by atoms with Gasteiger partial charge in [0.1, 0.15) is 0 Å². The maximum atomic E-state index is 11.4. The van der Waals surface area contributed by atoms with Crippen molar-refractivity contribution in [3.63, 3.8) is 0 Å². The molecule has 0 aliphatic carbocycles. The second-order valence-corrected chi connectivity index (χ2v) is 6.24. The number of pyridine rings is 1. The van der Waals surface area contributed by atoms with Gasteiger partial charge in [-0.1, -0.05) is 0 Å². The van der Waals surface area contributed by atoms with Gasteiger partial charge in [-0.05, 0) is 55.9 Å². The van der Waals surface area contributed by atoms with E-state index in [1.807, 2.05) is 28.0 Å². The highest BCUT2D eigenvalue weighted by Crippen LogP contribution is 2.24. The van der Waals surface area contributed by atoms with Crippen LogP contribution in [0.5, 0.6) is 0 Å². The normalized spacial score (nSPS) is 15.8. The minimum absolute atomic E-state index is 0.197. The molecule has 0 saturated carbocycles. The highest BCUT2D eigenvalue weighted by Gasteiger charge is 2.21. The number of aryl methyl sites for hydroxylation is 1. The molecule has 1 saturated heterocycles. The third-order valence-electron chi connectivity index (χ3n) is 4.69. The van der Waals surface area contributed by atoms with Crippen LogP contribution in [-0.2, 0) is 17.8 Å². The molecule has 1 aliphatic heterocycles. The van der Waals surface area contributed by atoms with Gasteiger partial charge in [0.15, 0.2) is 0 Å². The second kappa shape index (κ2) is 6.94.